The minimum atomic E-state index is -0.602. The SMILES string of the molecule is CC(=O)Nc1ccc(SC[C@H]2O[C@@H](c3ccc(NC(=O)c4ccccc4)cc3)O[C@@H](c3ccc(CO)cc3)[C@H]2C)cc1. The van der Waals surface area contributed by atoms with Crippen LogP contribution >= 0.6 is 11.8 Å². The van der Waals surface area contributed by atoms with Gasteiger partial charge in [0, 0.05) is 46.0 Å². The molecular weight excluding hydrogens is 548 g/mol. The van der Waals surface area contributed by atoms with Gasteiger partial charge in [-0.3, -0.25) is 9.59 Å². The fourth-order valence-corrected chi connectivity index (χ4v) is 5.91. The molecule has 8 heteroatoms. The molecule has 0 radical (unpaired) electrons. The van der Waals surface area contributed by atoms with Crippen molar-refractivity contribution in [2.24, 2.45) is 5.92 Å². The van der Waals surface area contributed by atoms with Crippen LogP contribution in [0, 0.1) is 5.92 Å². The average molecular weight is 583 g/mol. The van der Waals surface area contributed by atoms with Gasteiger partial charge in [0.15, 0.2) is 6.29 Å². The number of carbonyl (C=O) groups is 2. The number of thioether (sulfide) groups is 1. The molecule has 42 heavy (non-hydrogen) atoms. The number of rotatable bonds is 9. The van der Waals surface area contributed by atoms with Crippen LogP contribution in [0.1, 0.15) is 53.3 Å². The monoisotopic (exact) mass is 582 g/mol. The second-order valence-corrected chi connectivity index (χ2v) is 11.4. The molecule has 5 rings (SSSR count). The summed E-state index contributed by atoms with van der Waals surface area (Å²) in [5.74, 6) is 0.486. The van der Waals surface area contributed by atoms with Gasteiger partial charge in [-0.15, -0.1) is 11.8 Å². The molecule has 2 amide bonds. The van der Waals surface area contributed by atoms with Crippen LogP contribution in [-0.2, 0) is 20.9 Å². The molecule has 0 saturated carbocycles. The van der Waals surface area contributed by atoms with Gasteiger partial charge in [0.25, 0.3) is 5.91 Å². The van der Waals surface area contributed by atoms with Gasteiger partial charge < -0.3 is 25.2 Å². The van der Waals surface area contributed by atoms with E-state index < -0.39 is 6.29 Å². The highest BCUT2D eigenvalue weighted by Crippen LogP contribution is 2.43. The smallest absolute Gasteiger partial charge is 0.255 e. The molecule has 1 heterocycles. The zero-order valence-electron chi connectivity index (χ0n) is 23.5. The second kappa shape index (κ2) is 13.8. The number of aliphatic hydroxyl groups excluding tert-OH is 1. The number of carbonyl (C=O) groups excluding carboxylic acids is 2. The molecule has 0 bridgehead atoms. The second-order valence-electron chi connectivity index (χ2n) is 10.3. The number of benzene rings is 4. The van der Waals surface area contributed by atoms with Gasteiger partial charge in [-0.2, -0.15) is 0 Å². The number of hydrogen-bond donors (Lipinski definition) is 3. The Morgan fingerprint density at radius 3 is 2.05 bits per heavy atom. The van der Waals surface area contributed by atoms with Crippen LogP contribution in [0.25, 0.3) is 0 Å². The van der Waals surface area contributed by atoms with Gasteiger partial charge in [0.2, 0.25) is 5.91 Å². The highest BCUT2D eigenvalue weighted by molar-refractivity contribution is 7.99. The van der Waals surface area contributed by atoms with Crippen LogP contribution < -0.4 is 10.6 Å². The number of aliphatic hydroxyl groups is 1. The number of amides is 2. The van der Waals surface area contributed by atoms with E-state index in [1.54, 1.807) is 23.9 Å². The molecule has 7 nitrogen and oxygen atoms in total. The van der Waals surface area contributed by atoms with Crippen molar-refractivity contribution < 1.29 is 24.2 Å². The van der Waals surface area contributed by atoms with Crippen LogP contribution in [0.4, 0.5) is 11.4 Å². The molecule has 1 aliphatic heterocycles. The van der Waals surface area contributed by atoms with Gasteiger partial charge in [-0.05, 0) is 59.7 Å². The summed E-state index contributed by atoms with van der Waals surface area (Å²) < 4.78 is 13.1. The highest BCUT2D eigenvalue weighted by Gasteiger charge is 2.38. The molecule has 0 aliphatic carbocycles. The van der Waals surface area contributed by atoms with Gasteiger partial charge in [0.1, 0.15) is 0 Å². The first kappa shape index (κ1) is 29.5. The van der Waals surface area contributed by atoms with E-state index in [-0.39, 0.29) is 36.5 Å². The van der Waals surface area contributed by atoms with E-state index in [9.17, 15) is 14.7 Å². The molecule has 4 atom stereocenters. The topological polar surface area (TPSA) is 96.9 Å². The summed E-state index contributed by atoms with van der Waals surface area (Å²) in [4.78, 5) is 25.0. The van der Waals surface area contributed by atoms with Crippen molar-refractivity contribution in [3.8, 4) is 0 Å². The molecule has 0 unspecified atom stereocenters. The standard InChI is InChI=1S/C34H34N2O5S/c1-22-31(21-42-30-18-16-28(17-19-30)35-23(2)38)40-34(41-32(22)25-10-8-24(20-37)9-11-25)27-12-14-29(15-13-27)36-33(39)26-6-4-3-5-7-26/h3-19,22,31-32,34,37H,20-21H2,1-2H3,(H,35,38)(H,36,39)/t22-,31+,32+,34+/m0/s1. The Morgan fingerprint density at radius 2 is 1.40 bits per heavy atom. The minimum Gasteiger partial charge on any atom is -0.392 e. The third-order valence-electron chi connectivity index (χ3n) is 7.19. The molecule has 4 aromatic rings. The fourth-order valence-electron chi connectivity index (χ4n) is 4.84. The normalized spacial score (nSPS) is 20.1. The van der Waals surface area contributed by atoms with Crippen molar-refractivity contribution in [2.75, 3.05) is 16.4 Å². The third kappa shape index (κ3) is 7.46. The van der Waals surface area contributed by atoms with Crippen LogP contribution in [0.5, 0.6) is 0 Å². The number of nitrogens with one attached hydrogen (secondary N) is 2. The predicted octanol–water partition coefficient (Wildman–Crippen LogP) is 6.97. The van der Waals surface area contributed by atoms with E-state index in [0.717, 1.165) is 27.3 Å². The number of anilines is 2. The van der Waals surface area contributed by atoms with Crippen LogP contribution in [0.15, 0.2) is 108 Å². The molecule has 216 valence electrons. The maximum absolute atomic E-state index is 12.6. The van der Waals surface area contributed by atoms with Gasteiger partial charge >= 0.3 is 0 Å². The first-order valence-electron chi connectivity index (χ1n) is 13.9. The predicted molar refractivity (Wildman–Crippen MR) is 165 cm³/mol. The first-order chi connectivity index (χ1) is 20.4. The summed E-state index contributed by atoms with van der Waals surface area (Å²) in [6, 6.07) is 32.2. The van der Waals surface area contributed by atoms with E-state index in [1.807, 2.05) is 91.0 Å². The molecule has 1 saturated heterocycles. The zero-order valence-corrected chi connectivity index (χ0v) is 24.3. The molecule has 3 N–H and O–H groups in total. The van der Waals surface area contributed by atoms with E-state index in [2.05, 4.69) is 17.6 Å². The van der Waals surface area contributed by atoms with E-state index in [1.165, 1.54) is 6.92 Å². The third-order valence-corrected chi connectivity index (χ3v) is 8.29. The van der Waals surface area contributed by atoms with E-state index >= 15 is 0 Å². The van der Waals surface area contributed by atoms with Crippen molar-refractivity contribution in [2.45, 2.75) is 43.8 Å². The highest BCUT2D eigenvalue weighted by atomic mass is 32.2. The first-order valence-corrected chi connectivity index (χ1v) is 14.9. The Morgan fingerprint density at radius 1 is 0.786 bits per heavy atom. The summed E-state index contributed by atoms with van der Waals surface area (Å²) in [5, 5.41) is 15.2. The Balaban J connectivity index is 1.32. The van der Waals surface area contributed by atoms with Gasteiger partial charge in [-0.25, -0.2) is 0 Å². The van der Waals surface area contributed by atoms with Gasteiger partial charge in [-0.1, -0.05) is 61.5 Å². The van der Waals surface area contributed by atoms with Crippen LogP contribution in [0.2, 0.25) is 0 Å². The lowest BCUT2D eigenvalue weighted by molar-refractivity contribution is -0.268. The maximum Gasteiger partial charge on any atom is 0.255 e. The molecule has 1 aliphatic rings. The van der Waals surface area contributed by atoms with Crippen molar-refractivity contribution >= 4 is 35.0 Å². The lowest BCUT2D eigenvalue weighted by atomic mass is 9.91. The lowest BCUT2D eigenvalue weighted by Crippen LogP contribution is -2.38. The molecule has 4 aromatic carbocycles. The average Bonchev–Trinajstić information content (AvgIpc) is 3.02. The number of hydrogen-bond acceptors (Lipinski definition) is 6. The molecule has 0 spiro atoms. The Bertz CT molecular complexity index is 1480. The summed E-state index contributed by atoms with van der Waals surface area (Å²) in [5.41, 5.74) is 4.76. The van der Waals surface area contributed by atoms with Crippen LogP contribution in [0.3, 0.4) is 0 Å². The molecule has 0 aromatic heterocycles. The van der Waals surface area contributed by atoms with E-state index in [4.69, 9.17) is 9.47 Å². The minimum absolute atomic E-state index is 0.0136. The summed E-state index contributed by atoms with van der Waals surface area (Å²) in [7, 11) is 0. The largest absolute Gasteiger partial charge is 0.392 e. The van der Waals surface area contributed by atoms with E-state index in [0.29, 0.717) is 17.0 Å². The van der Waals surface area contributed by atoms with Crippen molar-refractivity contribution in [1.29, 1.82) is 0 Å². The van der Waals surface area contributed by atoms with Gasteiger partial charge in [0.05, 0.1) is 18.8 Å². The lowest BCUT2D eigenvalue weighted by Gasteiger charge is -2.41. The van der Waals surface area contributed by atoms with Crippen molar-refractivity contribution in [3.63, 3.8) is 0 Å². The Kier molecular flexibility index (Phi) is 9.71. The van der Waals surface area contributed by atoms with Crippen molar-refractivity contribution in [1.82, 2.24) is 0 Å². The fraction of sp³-hybridized carbons (Fsp3) is 0.235. The maximum atomic E-state index is 12.6. The summed E-state index contributed by atoms with van der Waals surface area (Å²) >= 11 is 1.69. The molecular formula is C34H34N2O5S. The van der Waals surface area contributed by atoms with Crippen molar-refractivity contribution in [3.05, 3.63) is 125 Å². The quantitative estimate of drug-likeness (QED) is 0.184. The van der Waals surface area contributed by atoms with Crippen LogP contribution in [-0.4, -0.2) is 28.8 Å². The number of ether oxygens (including phenoxy) is 2. The Hall–Kier alpha value is -3.95. The molecule has 1 fully saturated rings. The zero-order chi connectivity index (χ0) is 29.5. The summed E-state index contributed by atoms with van der Waals surface area (Å²) in [6.07, 6.45) is -0.944. The Labute approximate surface area is 250 Å². The summed E-state index contributed by atoms with van der Waals surface area (Å²) in [6.45, 7) is 3.61.